The summed E-state index contributed by atoms with van der Waals surface area (Å²) >= 11 is 0. The Morgan fingerprint density at radius 2 is 1.52 bits per heavy atom. The standard InChI is InChI=1S/C20H33N/c1-15(2)17-9-7-16(8-10-17)13-21-18-11-19(3,4)14-20(5,6)12-18/h7-10,15,18,21H,11-14H2,1-6H3. The first-order valence-corrected chi connectivity index (χ1v) is 8.49. The highest BCUT2D eigenvalue weighted by Crippen LogP contribution is 2.45. The van der Waals surface area contributed by atoms with E-state index in [1.165, 1.54) is 30.4 Å². The lowest BCUT2D eigenvalue weighted by atomic mass is 9.63. The van der Waals surface area contributed by atoms with E-state index in [0.29, 0.717) is 22.8 Å². The van der Waals surface area contributed by atoms with Crippen LogP contribution in [0.4, 0.5) is 0 Å². The molecule has 0 radical (unpaired) electrons. The van der Waals surface area contributed by atoms with Gasteiger partial charge in [0.2, 0.25) is 0 Å². The van der Waals surface area contributed by atoms with E-state index in [0.717, 1.165) is 6.54 Å². The van der Waals surface area contributed by atoms with Crippen LogP contribution >= 0.6 is 0 Å². The van der Waals surface area contributed by atoms with Gasteiger partial charge in [0.15, 0.2) is 0 Å². The number of benzene rings is 1. The van der Waals surface area contributed by atoms with Crippen molar-refractivity contribution >= 4 is 0 Å². The van der Waals surface area contributed by atoms with Crippen LogP contribution in [-0.4, -0.2) is 6.04 Å². The summed E-state index contributed by atoms with van der Waals surface area (Å²) in [6, 6.07) is 9.75. The molecule has 1 aliphatic rings. The second-order valence-corrected chi connectivity index (χ2v) is 8.89. The quantitative estimate of drug-likeness (QED) is 0.770. The topological polar surface area (TPSA) is 12.0 Å². The molecule has 1 saturated carbocycles. The average Bonchev–Trinajstić information content (AvgIpc) is 2.33. The van der Waals surface area contributed by atoms with E-state index in [2.05, 4.69) is 71.1 Å². The lowest BCUT2D eigenvalue weighted by Gasteiger charge is -2.45. The number of nitrogens with one attached hydrogen (secondary N) is 1. The van der Waals surface area contributed by atoms with E-state index in [-0.39, 0.29) is 0 Å². The summed E-state index contributed by atoms with van der Waals surface area (Å²) in [5.41, 5.74) is 3.75. The maximum atomic E-state index is 3.80. The molecule has 2 rings (SSSR count). The van der Waals surface area contributed by atoms with Crippen LogP contribution in [0.25, 0.3) is 0 Å². The molecule has 1 N–H and O–H groups in total. The van der Waals surface area contributed by atoms with Crippen LogP contribution in [0.3, 0.4) is 0 Å². The molecule has 0 aliphatic heterocycles. The maximum absolute atomic E-state index is 3.80. The third-order valence-electron chi connectivity index (χ3n) is 4.80. The van der Waals surface area contributed by atoms with Crippen LogP contribution in [0.5, 0.6) is 0 Å². The van der Waals surface area contributed by atoms with Crippen molar-refractivity contribution in [2.45, 2.75) is 79.3 Å². The molecular formula is C20H33N. The zero-order valence-electron chi connectivity index (χ0n) is 14.8. The molecule has 1 aromatic rings. The average molecular weight is 287 g/mol. The Hall–Kier alpha value is -0.820. The predicted molar refractivity (Wildman–Crippen MR) is 92.6 cm³/mol. The molecule has 1 fully saturated rings. The third kappa shape index (κ3) is 4.85. The molecule has 1 aromatic carbocycles. The molecule has 0 aromatic heterocycles. The van der Waals surface area contributed by atoms with Crippen molar-refractivity contribution in [1.82, 2.24) is 5.32 Å². The Balaban J connectivity index is 1.93. The third-order valence-corrected chi connectivity index (χ3v) is 4.80. The lowest BCUT2D eigenvalue weighted by Crippen LogP contribution is -2.43. The second kappa shape index (κ2) is 6.12. The van der Waals surface area contributed by atoms with Crippen molar-refractivity contribution in [1.29, 1.82) is 0 Å². The molecular weight excluding hydrogens is 254 g/mol. The molecule has 0 spiro atoms. The van der Waals surface area contributed by atoms with Crippen LogP contribution in [0.2, 0.25) is 0 Å². The number of hydrogen-bond donors (Lipinski definition) is 1. The van der Waals surface area contributed by atoms with E-state index in [4.69, 9.17) is 0 Å². The SMILES string of the molecule is CC(C)c1ccc(CNC2CC(C)(C)CC(C)(C)C2)cc1. The van der Waals surface area contributed by atoms with Crippen LogP contribution in [0, 0.1) is 10.8 Å². The van der Waals surface area contributed by atoms with Crippen LogP contribution in [-0.2, 0) is 6.54 Å². The van der Waals surface area contributed by atoms with Crippen molar-refractivity contribution in [2.24, 2.45) is 10.8 Å². The van der Waals surface area contributed by atoms with Crippen LogP contribution in [0.1, 0.15) is 77.8 Å². The summed E-state index contributed by atoms with van der Waals surface area (Å²) in [4.78, 5) is 0. The van der Waals surface area contributed by atoms with E-state index >= 15 is 0 Å². The summed E-state index contributed by atoms with van der Waals surface area (Å²) in [5.74, 6) is 0.618. The van der Waals surface area contributed by atoms with Gasteiger partial charge in [-0.05, 0) is 47.1 Å². The van der Waals surface area contributed by atoms with Crippen molar-refractivity contribution < 1.29 is 0 Å². The summed E-state index contributed by atoms with van der Waals surface area (Å²) in [6.45, 7) is 15.2. The van der Waals surface area contributed by atoms with Crippen molar-refractivity contribution in [3.8, 4) is 0 Å². The van der Waals surface area contributed by atoms with Gasteiger partial charge in [-0.3, -0.25) is 0 Å². The smallest absolute Gasteiger partial charge is 0.0208 e. The normalized spacial score (nSPS) is 21.7. The Kier molecular flexibility index (Phi) is 4.82. The van der Waals surface area contributed by atoms with E-state index < -0.39 is 0 Å². The Morgan fingerprint density at radius 1 is 1.00 bits per heavy atom. The predicted octanol–water partition coefficient (Wildman–Crippen LogP) is 5.50. The molecule has 1 aliphatic carbocycles. The lowest BCUT2D eigenvalue weighted by molar-refractivity contribution is 0.0845. The fourth-order valence-electron chi connectivity index (χ4n) is 4.27. The zero-order chi connectivity index (χ0) is 15.7. The van der Waals surface area contributed by atoms with Gasteiger partial charge in [0, 0.05) is 12.6 Å². The van der Waals surface area contributed by atoms with Gasteiger partial charge in [-0.1, -0.05) is 65.8 Å². The Morgan fingerprint density at radius 3 is 2.00 bits per heavy atom. The fourth-order valence-corrected chi connectivity index (χ4v) is 4.27. The van der Waals surface area contributed by atoms with E-state index in [1.54, 1.807) is 0 Å². The van der Waals surface area contributed by atoms with E-state index in [9.17, 15) is 0 Å². The molecule has 0 amide bonds. The molecule has 1 heteroatoms. The highest BCUT2D eigenvalue weighted by atomic mass is 14.9. The first kappa shape index (κ1) is 16.5. The van der Waals surface area contributed by atoms with Crippen molar-refractivity contribution in [3.63, 3.8) is 0 Å². The summed E-state index contributed by atoms with van der Waals surface area (Å²) in [5, 5.41) is 3.80. The van der Waals surface area contributed by atoms with Gasteiger partial charge < -0.3 is 5.32 Å². The second-order valence-electron chi connectivity index (χ2n) is 8.89. The van der Waals surface area contributed by atoms with Gasteiger partial charge in [-0.25, -0.2) is 0 Å². The maximum Gasteiger partial charge on any atom is 0.0208 e. The summed E-state index contributed by atoms with van der Waals surface area (Å²) in [6.07, 6.45) is 3.92. The molecule has 1 nitrogen and oxygen atoms in total. The van der Waals surface area contributed by atoms with Crippen molar-refractivity contribution in [3.05, 3.63) is 35.4 Å². The van der Waals surface area contributed by atoms with Gasteiger partial charge in [-0.2, -0.15) is 0 Å². The fraction of sp³-hybridized carbons (Fsp3) is 0.700. The number of rotatable bonds is 4. The highest BCUT2D eigenvalue weighted by molar-refractivity contribution is 5.24. The molecule has 21 heavy (non-hydrogen) atoms. The van der Waals surface area contributed by atoms with Crippen LogP contribution in [0.15, 0.2) is 24.3 Å². The van der Waals surface area contributed by atoms with Gasteiger partial charge >= 0.3 is 0 Å². The Bertz CT molecular complexity index is 437. The largest absolute Gasteiger partial charge is 0.310 e. The summed E-state index contributed by atoms with van der Waals surface area (Å²) in [7, 11) is 0. The molecule has 0 saturated heterocycles. The molecule has 0 bridgehead atoms. The Labute approximate surface area is 131 Å². The molecule has 118 valence electrons. The monoisotopic (exact) mass is 287 g/mol. The minimum Gasteiger partial charge on any atom is -0.310 e. The highest BCUT2D eigenvalue weighted by Gasteiger charge is 2.38. The zero-order valence-corrected chi connectivity index (χ0v) is 14.8. The molecule has 0 heterocycles. The minimum absolute atomic E-state index is 0.459. The first-order chi connectivity index (χ1) is 9.67. The first-order valence-electron chi connectivity index (χ1n) is 8.49. The summed E-state index contributed by atoms with van der Waals surface area (Å²) < 4.78 is 0. The van der Waals surface area contributed by atoms with Gasteiger partial charge in [0.05, 0.1) is 0 Å². The van der Waals surface area contributed by atoms with Gasteiger partial charge in [0.1, 0.15) is 0 Å². The van der Waals surface area contributed by atoms with Crippen molar-refractivity contribution in [2.75, 3.05) is 0 Å². The van der Waals surface area contributed by atoms with E-state index in [1.807, 2.05) is 0 Å². The minimum atomic E-state index is 0.459. The van der Waals surface area contributed by atoms with Crippen LogP contribution < -0.4 is 5.32 Å². The molecule has 0 unspecified atom stereocenters. The molecule has 0 atom stereocenters. The number of hydrogen-bond acceptors (Lipinski definition) is 1. The van der Waals surface area contributed by atoms with Gasteiger partial charge in [0.25, 0.3) is 0 Å². The van der Waals surface area contributed by atoms with Gasteiger partial charge in [-0.15, -0.1) is 0 Å².